The molecule has 0 saturated heterocycles. The number of halogens is 1. The second kappa shape index (κ2) is 3.96. The third-order valence-corrected chi connectivity index (χ3v) is 2.64. The first-order valence-electron chi connectivity index (χ1n) is 4.14. The van der Waals surface area contributed by atoms with Gasteiger partial charge in [-0.25, -0.2) is 0 Å². The Bertz CT molecular complexity index is 297. The zero-order valence-corrected chi connectivity index (χ0v) is 9.40. The summed E-state index contributed by atoms with van der Waals surface area (Å²) >= 11 is 6.04. The Hall–Kier alpha value is -1.09. The van der Waals surface area contributed by atoms with Gasteiger partial charge in [0.15, 0.2) is 11.5 Å². The summed E-state index contributed by atoms with van der Waals surface area (Å²) in [5.41, 5.74) is 1.26. The molecule has 0 heterocycles. The summed E-state index contributed by atoms with van der Waals surface area (Å²) in [6.45, 7) is 3.49. The van der Waals surface area contributed by atoms with E-state index in [1.165, 1.54) is 14.2 Å². The molecule has 0 bridgehead atoms. The summed E-state index contributed by atoms with van der Waals surface area (Å²) in [6.07, 6.45) is 0. The molecule has 0 radical (unpaired) electrons. The lowest BCUT2D eigenvalue weighted by Gasteiger charge is -2.15. The molecule has 4 heteroatoms. The van der Waals surface area contributed by atoms with Gasteiger partial charge in [0.2, 0.25) is 0 Å². The van der Waals surface area contributed by atoms with Crippen molar-refractivity contribution in [3.05, 3.63) is 16.1 Å². The van der Waals surface area contributed by atoms with Gasteiger partial charge < -0.3 is 14.6 Å². The average molecular weight is 217 g/mol. The quantitative estimate of drug-likeness (QED) is 0.826. The molecule has 1 aromatic rings. The molecule has 0 spiro atoms. The number of hydrogen-bond acceptors (Lipinski definition) is 3. The first kappa shape index (κ1) is 11.0. The molecular weight excluding hydrogens is 204 g/mol. The number of phenols is 1. The Morgan fingerprint density at radius 1 is 1.00 bits per heavy atom. The van der Waals surface area contributed by atoms with Crippen molar-refractivity contribution in [2.45, 2.75) is 13.8 Å². The first-order valence-corrected chi connectivity index (χ1v) is 4.52. The van der Waals surface area contributed by atoms with Crippen LogP contribution in [0, 0.1) is 13.8 Å². The van der Waals surface area contributed by atoms with Gasteiger partial charge in [0.05, 0.1) is 19.2 Å². The summed E-state index contributed by atoms with van der Waals surface area (Å²) in [5.74, 6) is 0.960. The standard InChI is InChI=1S/C10H13ClO3/c1-5-7(11)9(13-3)6(2)8(12)10(5)14-4/h12H,1-4H3. The van der Waals surface area contributed by atoms with Crippen molar-refractivity contribution in [3.63, 3.8) is 0 Å². The Morgan fingerprint density at radius 2 is 1.50 bits per heavy atom. The van der Waals surface area contributed by atoms with Crippen LogP contribution in [0.15, 0.2) is 0 Å². The van der Waals surface area contributed by atoms with Crippen LogP contribution in [0.25, 0.3) is 0 Å². The van der Waals surface area contributed by atoms with Gasteiger partial charge in [0.1, 0.15) is 5.75 Å². The molecule has 1 N–H and O–H groups in total. The van der Waals surface area contributed by atoms with E-state index in [4.69, 9.17) is 21.1 Å². The van der Waals surface area contributed by atoms with E-state index in [-0.39, 0.29) is 5.75 Å². The van der Waals surface area contributed by atoms with Gasteiger partial charge in [-0.15, -0.1) is 0 Å². The Balaban J connectivity index is 3.55. The van der Waals surface area contributed by atoms with Gasteiger partial charge in [-0.3, -0.25) is 0 Å². The first-order chi connectivity index (χ1) is 6.54. The van der Waals surface area contributed by atoms with Gasteiger partial charge in [0, 0.05) is 11.1 Å². The van der Waals surface area contributed by atoms with Crippen LogP contribution in [0.1, 0.15) is 11.1 Å². The van der Waals surface area contributed by atoms with E-state index in [9.17, 15) is 5.11 Å². The van der Waals surface area contributed by atoms with E-state index >= 15 is 0 Å². The zero-order chi connectivity index (χ0) is 10.9. The van der Waals surface area contributed by atoms with Gasteiger partial charge in [-0.05, 0) is 13.8 Å². The van der Waals surface area contributed by atoms with Crippen LogP contribution in [0.3, 0.4) is 0 Å². The van der Waals surface area contributed by atoms with Gasteiger partial charge in [-0.1, -0.05) is 11.6 Å². The third-order valence-electron chi connectivity index (χ3n) is 2.19. The largest absolute Gasteiger partial charge is 0.504 e. The lowest BCUT2D eigenvalue weighted by molar-refractivity contribution is 0.360. The smallest absolute Gasteiger partial charge is 0.165 e. The van der Waals surface area contributed by atoms with Crippen molar-refractivity contribution in [2.24, 2.45) is 0 Å². The lowest BCUT2D eigenvalue weighted by Crippen LogP contribution is -1.96. The highest BCUT2D eigenvalue weighted by Gasteiger charge is 2.18. The molecule has 1 rings (SSSR count). The molecule has 0 saturated carbocycles. The SMILES string of the molecule is COc1c(C)c(Cl)c(OC)c(C)c1O. The number of benzene rings is 1. The number of rotatable bonds is 2. The fraction of sp³-hybridized carbons (Fsp3) is 0.400. The molecular formula is C10H13ClO3. The van der Waals surface area contributed by atoms with Crippen molar-refractivity contribution in [3.8, 4) is 17.2 Å². The second-order valence-electron chi connectivity index (χ2n) is 2.98. The van der Waals surface area contributed by atoms with E-state index in [1.807, 2.05) is 0 Å². The van der Waals surface area contributed by atoms with Crippen molar-refractivity contribution < 1.29 is 14.6 Å². The summed E-state index contributed by atoms with van der Waals surface area (Å²) < 4.78 is 10.1. The molecule has 0 amide bonds. The molecule has 0 aromatic heterocycles. The van der Waals surface area contributed by atoms with Gasteiger partial charge in [-0.2, -0.15) is 0 Å². The average Bonchev–Trinajstić information content (AvgIpc) is 2.17. The molecule has 14 heavy (non-hydrogen) atoms. The predicted octanol–water partition coefficient (Wildman–Crippen LogP) is 2.68. The van der Waals surface area contributed by atoms with E-state index < -0.39 is 0 Å². The molecule has 3 nitrogen and oxygen atoms in total. The number of ether oxygens (including phenoxy) is 2. The van der Waals surface area contributed by atoms with Crippen LogP contribution < -0.4 is 9.47 Å². The molecule has 78 valence electrons. The molecule has 0 fully saturated rings. The van der Waals surface area contributed by atoms with Gasteiger partial charge >= 0.3 is 0 Å². The minimum atomic E-state index is 0.0752. The van der Waals surface area contributed by atoms with Crippen LogP contribution in [-0.4, -0.2) is 19.3 Å². The Kier molecular flexibility index (Phi) is 3.11. The molecule has 1 aromatic carbocycles. The summed E-state index contributed by atoms with van der Waals surface area (Å²) in [6, 6.07) is 0. The number of aromatic hydroxyl groups is 1. The van der Waals surface area contributed by atoms with Crippen molar-refractivity contribution in [1.82, 2.24) is 0 Å². The molecule has 0 unspecified atom stereocenters. The monoisotopic (exact) mass is 216 g/mol. The Labute approximate surface area is 88.2 Å². The molecule has 0 aliphatic rings. The predicted molar refractivity (Wildman–Crippen MR) is 55.7 cm³/mol. The summed E-state index contributed by atoms with van der Waals surface area (Å²) in [4.78, 5) is 0. The maximum atomic E-state index is 9.75. The minimum Gasteiger partial charge on any atom is -0.504 e. The van der Waals surface area contributed by atoms with Crippen LogP contribution in [-0.2, 0) is 0 Å². The summed E-state index contributed by atoms with van der Waals surface area (Å²) in [7, 11) is 3.00. The van der Waals surface area contributed by atoms with Crippen LogP contribution >= 0.6 is 11.6 Å². The highest BCUT2D eigenvalue weighted by molar-refractivity contribution is 6.33. The third kappa shape index (κ3) is 1.48. The van der Waals surface area contributed by atoms with Crippen molar-refractivity contribution in [2.75, 3.05) is 14.2 Å². The number of phenolic OH excluding ortho intramolecular Hbond substituents is 1. The normalized spacial score (nSPS) is 10.1. The molecule has 0 aliphatic heterocycles. The molecule has 0 aliphatic carbocycles. The van der Waals surface area contributed by atoms with E-state index in [1.54, 1.807) is 13.8 Å². The van der Waals surface area contributed by atoms with Crippen LogP contribution in [0.4, 0.5) is 0 Å². The van der Waals surface area contributed by atoms with Crippen molar-refractivity contribution >= 4 is 11.6 Å². The van der Waals surface area contributed by atoms with Crippen molar-refractivity contribution in [1.29, 1.82) is 0 Å². The second-order valence-corrected chi connectivity index (χ2v) is 3.36. The maximum Gasteiger partial charge on any atom is 0.165 e. The van der Waals surface area contributed by atoms with E-state index in [0.29, 0.717) is 27.6 Å². The maximum absolute atomic E-state index is 9.75. The number of methoxy groups -OCH3 is 2. The fourth-order valence-corrected chi connectivity index (χ4v) is 1.69. The zero-order valence-electron chi connectivity index (χ0n) is 8.64. The van der Waals surface area contributed by atoms with E-state index in [2.05, 4.69) is 0 Å². The van der Waals surface area contributed by atoms with Crippen LogP contribution in [0.2, 0.25) is 5.02 Å². The Morgan fingerprint density at radius 3 is 1.93 bits per heavy atom. The lowest BCUT2D eigenvalue weighted by atomic mass is 10.1. The highest BCUT2D eigenvalue weighted by atomic mass is 35.5. The topological polar surface area (TPSA) is 38.7 Å². The number of hydrogen-bond donors (Lipinski definition) is 1. The van der Waals surface area contributed by atoms with Gasteiger partial charge in [0.25, 0.3) is 0 Å². The minimum absolute atomic E-state index is 0.0752. The highest BCUT2D eigenvalue weighted by Crippen LogP contribution is 2.44. The van der Waals surface area contributed by atoms with E-state index in [0.717, 1.165) is 0 Å². The fourth-order valence-electron chi connectivity index (χ4n) is 1.38. The summed E-state index contributed by atoms with van der Waals surface area (Å²) in [5, 5.41) is 10.2. The van der Waals surface area contributed by atoms with Crippen LogP contribution in [0.5, 0.6) is 17.2 Å². The molecule has 0 atom stereocenters.